The van der Waals surface area contributed by atoms with Crippen LogP contribution >= 0.6 is 0 Å². The maximum absolute atomic E-state index is 13.1. The fourth-order valence-electron chi connectivity index (χ4n) is 3.42. The lowest BCUT2D eigenvalue weighted by molar-refractivity contribution is 0.102. The average Bonchev–Trinajstić information content (AvgIpc) is 2.75. The lowest BCUT2D eigenvalue weighted by Crippen LogP contribution is -2.46. The Morgan fingerprint density at radius 2 is 1.45 bits per heavy atom. The molecule has 0 bridgehead atoms. The molecule has 2 heterocycles. The van der Waals surface area contributed by atoms with Gasteiger partial charge in [0.1, 0.15) is 11.6 Å². The molecule has 1 aromatic heterocycles. The standard InChI is InChI=1S/C23H23FN4O/c1-17-2-4-18(5-3-17)23(29)26-22-11-10-21(16-25-22)28-14-12-27(13-15-28)20-8-6-19(24)7-9-20/h2-11,16H,12-15H2,1H3,(H,25,26,29). The number of aromatic nitrogens is 1. The number of pyridine rings is 1. The first-order valence-corrected chi connectivity index (χ1v) is 9.68. The SMILES string of the molecule is Cc1ccc(C(=O)Nc2ccc(N3CCN(c4ccc(F)cc4)CC3)cn2)cc1. The first kappa shape index (κ1) is 18.9. The number of anilines is 3. The summed E-state index contributed by atoms with van der Waals surface area (Å²) < 4.78 is 13.1. The summed E-state index contributed by atoms with van der Waals surface area (Å²) in [6.45, 7) is 5.42. The quantitative estimate of drug-likeness (QED) is 0.728. The average molecular weight is 390 g/mol. The van der Waals surface area contributed by atoms with Gasteiger partial charge in [0.15, 0.2) is 0 Å². The van der Waals surface area contributed by atoms with Gasteiger partial charge in [-0.15, -0.1) is 0 Å². The zero-order valence-electron chi connectivity index (χ0n) is 16.3. The normalized spacial score (nSPS) is 14.0. The Hall–Kier alpha value is -3.41. The Morgan fingerprint density at radius 1 is 0.862 bits per heavy atom. The molecule has 2 aromatic carbocycles. The summed E-state index contributed by atoms with van der Waals surface area (Å²) in [4.78, 5) is 21.2. The summed E-state index contributed by atoms with van der Waals surface area (Å²) in [5.41, 5.74) is 3.79. The van der Waals surface area contributed by atoms with Crippen molar-refractivity contribution in [3.8, 4) is 0 Å². The van der Waals surface area contributed by atoms with Gasteiger partial charge in [-0.1, -0.05) is 17.7 Å². The Labute approximate surface area is 169 Å². The third-order valence-electron chi connectivity index (χ3n) is 5.14. The molecule has 1 amide bonds. The summed E-state index contributed by atoms with van der Waals surface area (Å²) in [5.74, 6) is 0.149. The maximum Gasteiger partial charge on any atom is 0.256 e. The molecule has 1 saturated heterocycles. The minimum Gasteiger partial charge on any atom is -0.368 e. The van der Waals surface area contributed by atoms with E-state index in [0.29, 0.717) is 11.4 Å². The van der Waals surface area contributed by atoms with Crippen LogP contribution < -0.4 is 15.1 Å². The third-order valence-corrected chi connectivity index (χ3v) is 5.14. The van der Waals surface area contributed by atoms with Crippen molar-refractivity contribution in [3.05, 3.63) is 83.8 Å². The van der Waals surface area contributed by atoms with Crippen molar-refractivity contribution in [1.29, 1.82) is 0 Å². The number of carbonyl (C=O) groups is 1. The monoisotopic (exact) mass is 390 g/mol. The number of nitrogens with zero attached hydrogens (tertiary/aromatic N) is 3. The fraction of sp³-hybridized carbons (Fsp3) is 0.217. The number of rotatable bonds is 4. The maximum atomic E-state index is 13.1. The van der Waals surface area contributed by atoms with Gasteiger partial charge in [-0.3, -0.25) is 4.79 Å². The number of carbonyl (C=O) groups excluding carboxylic acids is 1. The minimum absolute atomic E-state index is 0.168. The molecule has 0 spiro atoms. The highest BCUT2D eigenvalue weighted by atomic mass is 19.1. The molecule has 1 aliphatic rings. The molecule has 1 fully saturated rings. The molecule has 3 aromatic rings. The molecule has 0 atom stereocenters. The van der Waals surface area contributed by atoms with Gasteiger partial charge in [0, 0.05) is 37.4 Å². The van der Waals surface area contributed by atoms with Crippen molar-refractivity contribution in [2.45, 2.75) is 6.92 Å². The molecule has 1 aliphatic heterocycles. The number of aryl methyl sites for hydroxylation is 1. The van der Waals surface area contributed by atoms with Crippen LogP contribution in [0.15, 0.2) is 66.9 Å². The van der Waals surface area contributed by atoms with Gasteiger partial charge in [0.2, 0.25) is 0 Å². The fourth-order valence-corrected chi connectivity index (χ4v) is 3.42. The number of amides is 1. The summed E-state index contributed by atoms with van der Waals surface area (Å²) in [6.07, 6.45) is 1.79. The summed E-state index contributed by atoms with van der Waals surface area (Å²) >= 11 is 0. The van der Waals surface area contributed by atoms with Gasteiger partial charge in [-0.2, -0.15) is 0 Å². The van der Waals surface area contributed by atoms with E-state index in [-0.39, 0.29) is 11.7 Å². The number of nitrogens with one attached hydrogen (secondary N) is 1. The third kappa shape index (κ3) is 4.54. The smallest absolute Gasteiger partial charge is 0.256 e. The molecule has 148 valence electrons. The van der Waals surface area contributed by atoms with Gasteiger partial charge >= 0.3 is 0 Å². The molecule has 5 nitrogen and oxygen atoms in total. The van der Waals surface area contributed by atoms with Crippen LogP contribution in [0.25, 0.3) is 0 Å². The Kier molecular flexibility index (Phi) is 5.42. The number of piperazine rings is 1. The highest BCUT2D eigenvalue weighted by Gasteiger charge is 2.18. The first-order valence-electron chi connectivity index (χ1n) is 9.68. The van der Waals surface area contributed by atoms with E-state index in [4.69, 9.17) is 0 Å². The summed E-state index contributed by atoms with van der Waals surface area (Å²) in [5, 5.41) is 2.83. The van der Waals surface area contributed by atoms with Crippen LogP contribution in [0, 0.1) is 12.7 Å². The molecule has 0 aliphatic carbocycles. The second kappa shape index (κ2) is 8.31. The van der Waals surface area contributed by atoms with Crippen LogP contribution in [0.4, 0.5) is 21.6 Å². The minimum atomic E-state index is -0.215. The van der Waals surface area contributed by atoms with Crippen molar-refractivity contribution in [2.75, 3.05) is 41.3 Å². The van der Waals surface area contributed by atoms with Gasteiger partial charge in [0.25, 0.3) is 5.91 Å². The van der Waals surface area contributed by atoms with Crippen LogP contribution in [0.5, 0.6) is 0 Å². The largest absolute Gasteiger partial charge is 0.368 e. The highest BCUT2D eigenvalue weighted by Crippen LogP contribution is 2.21. The van der Waals surface area contributed by atoms with Crippen LogP contribution in [0.1, 0.15) is 15.9 Å². The molecule has 0 saturated carbocycles. The zero-order valence-corrected chi connectivity index (χ0v) is 16.3. The van der Waals surface area contributed by atoms with E-state index in [0.717, 1.165) is 43.1 Å². The van der Waals surface area contributed by atoms with E-state index in [1.54, 1.807) is 18.3 Å². The van der Waals surface area contributed by atoms with E-state index in [2.05, 4.69) is 20.1 Å². The zero-order chi connectivity index (χ0) is 20.2. The molecule has 0 radical (unpaired) electrons. The molecular weight excluding hydrogens is 367 g/mol. The Bertz CT molecular complexity index is 963. The van der Waals surface area contributed by atoms with Crippen molar-refractivity contribution < 1.29 is 9.18 Å². The molecule has 0 unspecified atom stereocenters. The van der Waals surface area contributed by atoms with Crippen molar-refractivity contribution in [2.24, 2.45) is 0 Å². The van der Waals surface area contributed by atoms with Crippen molar-refractivity contribution >= 4 is 23.1 Å². The van der Waals surface area contributed by atoms with Gasteiger partial charge in [-0.05, 0) is 55.5 Å². The second-order valence-electron chi connectivity index (χ2n) is 7.17. The number of hydrogen-bond acceptors (Lipinski definition) is 4. The molecule has 29 heavy (non-hydrogen) atoms. The highest BCUT2D eigenvalue weighted by molar-refractivity contribution is 6.03. The van der Waals surface area contributed by atoms with Crippen LogP contribution in [0.3, 0.4) is 0 Å². The van der Waals surface area contributed by atoms with E-state index >= 15 is 0 Å². The second-order valence-corrected chi connectivity index (χ2v) is 7.17. The van der Waals surface area contributed by atoms with Crippen LogP contribution in [-0.2, 0) is 0 Å². The summed E-state index contributed by atoms with van der Waals surface area (Å²) in [6, 6.07) is 17.9. The lowest BCUT2D eigenvalue weighted by atomic mass is 10.1. The number of benzene rings is 2. The number of halogens is 1. The van der Waals surface area contributed by atoms with E-state index in [1.165, 1.54) is 12.1 Å². The molecule has 4 rings (SSSR count). The molecular formula is C23H23FN4O. The predicted molar refractivity (Wildman–Crippen MR) is 114 cm³/mol. The first-order chi connectivity index (χ1) is 14.1. The van der Waals surface area contributed by atoms with Crippen molar-refractivity contribution in [3.63, 3.8) is 0 Å². The van der Waals surface area contributed by atoms with E-state index in [1.807, 2.05) is 43.3 Å². The van der Waals surface area contributed by atoms with Crippen LogP contribution in [-0.4, -0.2) is 37.1 Å². The number of hydrogen-bond donors (Lipinski definition) is 1. The summed E-state index contributed by atoms with van der Waals surface area (Å²) in [7, 11) is 0. The Balaban J connectivity index is 1.34. The van der Waals surface area contributed by atoms with Gasteiger partial charge in [-0.25, -0.2) is 9.37 Å². The molecule has 6 heteroatoms. The predicted octanol–water partition coefficient (Wildman–Crippen LogP) is 4.11. The van der Waals surface area contributed by atoms with E-state index < -0.39 is 0 Å². The van der Waals surface area contributed by atoms with Crippen molar-refractivity contribution in [1.82, 2.24) is 4.98 Å². The van der Waals surface area contributed by atoms with Gasteiger partial charge in [0.05, 0.1) is 11.9 Å². The van der Waals surface area contributed by atoms with Crippen LogP contribution in [0.2, 0.25) is 0 Å². The lowest BCUT2D eigenvalue weighted by Gasteiger charge is -2.37. The molecule has 1 N–H and O–H groups in total. The van der Waals surface area contributed by atoms with E-state index in [9.17, 15) is 9.18 Å². The topological polar surface area (TPSA) is 48.5 Å². The van der Waals surface area contributed by atoms with Gasteiger partial charge < -0.3 is 15.1 Å². The Morgan fingerprint density at radius 3 is 2.03 bits per heavy atom.